The number of hydrogen-bond donors (Lipinski definition) is 1. The zero-order valence-corrected chi connectivity index (χ0v) is 17.8. The summed E-state index contributed by atoms with van der Waals surface area (Å²) in [6, 6.07) is 8.85. The SMILES string of the molecule is C=CC1(C)C=C2C(=CC=C3CC(C)(C)CCC32)c2ccccc21.OC1C=COC1. The van der Waals surface area contributed by atoms with E-state index in [1.54, 1.807) is 17.2 Å². The van der Waals surface area contributed by atoms with Gasteiger partial charge in [0.25, 0.3) is 0 Å². The Morgan fingerprint density at radius 3 is 2.62 bits per heavy atom. The van der Waals surface area contributed by atoms with Crippen LogP contribution in [0.1, 0.15) is 51.2 Å². The lowest BCUT2D eigenvalue weighted by Gasteiger charge is -2.43. The monoisotopic (exact) mass is 388 g/mol. The topological polar surface area (TPSA) is 29.5 Å². The summed E-state index contributed by atoms with van der Waals surface area (Å²) in [5, 5.41) is 8.52. The third kappa shape index (κ3) is 3.79. The Bertz CT molecular complexity index is 928. The first kappa shape index (κ1) is 20.0. The van der Waals surface area contributed by atoms with E-state index >= 15 is 0 Å². The first-order valence-electron chi connectivity index (χ1n) is 10.7. The van der Waals surface area contributed by atoms with Crippen molar-refractivity contribution in [1.82, 2.24) is 0 Å². The Hall–Kier alpha value is -2.32. The van der Waals surface area contributed by atoms with Crippen LogP contribution < -0.4 is 0 Å². The number of fused-ring (bicyclic) bond motifs is 5. The number of ether oxygens (including phenoxy) is 1. The van der Waals surface area contributed by atoms with Gasteiger partial charge in [-0.2, -0.15) is 0 Å². The molecule has 4 aliphatic rings. The van der Waals surface area contributed by atoms with Crippen LogP contribution in [0.2, 0.25) is 0 Å². The quantitative estimate of drug-likeness (QED) is 0.588. The summed E-state index contributed by atoms with van der Waals surface area (Å²) < 4.78 is 4.63. The Morgan fingerprint density at radius 1 is 1.17 bits per heavy atom. The van der Waals surface area contributed by atoms with Crippen molar-refractivity contribution in [3.05, 3.63) is 89.8 Å². The Morgan fingerprint density at radius 2 is 1.97 bits per heavy atom. The van der Waals surface area contributed by atoms with Gasteiger partial charge in [0, 0.05) is 11.3 Å². The maximum atomic E-state index is 8.52. The smallest absolute Gasteiger partial charge is 0.117 e. The molecule has 5 rings (SSSR count). The number of hydrogen-bond acceptors (Lipinski definition) is 2. The minimum atomic E-state index is -0.356. The van der Waals surface area contributed by atoms with Crippen molar-refractivity contribution in [3.63, 3.8) is 0 Å². The van der Waals surface area contributed by atoms with Crippen molar-refractivity contribution in [2.45, 2.75) is 51.6 Å². The molecule has 0 amide bonds. The van der Waals surface area contributed by atoms with Crippen LogP contribution in [0.15, 0.2) is 78.6 Å². The van der Waals surface area contributed by atoms with Crippen molar-refractivity contribution in [2.75, 3.05) is 6.61 Å². The summed E-state index contributed by atoms with van der Waals surface area (Å²) in [7, 11) is 0. The second-order valence-electron chi connectivity index (χ2n) is 9.62. The molecule has 0 saturated heterocycles. The minimum Gasteiger partial charge on any atom is -0.498 e. The Labute approximate surface area is 175 Å². The number of aliphatic hydroxyl groups excluding tert-OH is 1. The highest BCUT2D eigenvalue weighted by atomic mass is 16.5. The molecule has 1 saturated carbocycles. The molecule has 2 nitrogen and oxygen atoms in total. The summed E-state index contributed by atoms with van der Waals surface area (Å²) in [5.41, 5.74) is 7.78. The molecule has 0 spiro atoms. The molecule has 0 radical (unpaired) electrons. The molecular formula is C27H32O2. The van der Waals surface area contributed by atoms with Gasteiger partial charge in [0.2, 0.25) is 0 Å². The Balaban J connectivity index is 0.000000294. The summed E-state index contributed by atoms with van der Waals surface area (Å²) >= 11 is 0. The maximum Gasteiger partial charge on any atom is 0.117 e. The molecule has 3 unspecified atom stereocenters. The van der Waals surface area contributed by atoms with Crippen LogP contribution in [0.25, 0.3) is 5.57 Å². The van der Waals surface area contributed by atoms with Crippen molar-refractivity contribution in [1.29, 1.82) is 0 Å². The summed E-state index contributed by atoms with van der Waals surface area (Å²) in [6.45, 7) is 11.7. The van der Waals surface area contributed by atoms with E-state index in [0.717, 1.165) is 0 Å². The van der Waals surface area contributed by atoms with Crippen molar-refractivity contribution < 1.29 is 9.84 Å². The van der Waals surface area contributed by atoms with Gasteiger partial charge in [0.1, 0.15) is 12.7 Å². The first-order valence-corrected chi connectivity index (χ1v) is 10.7. The minimum absolute atomic E-state index is 0.0569. The van der Waals surface area contributed by atoms with Crippen LogP contribution in [-0.2, 0) is 10.2 Å². The van der Waals surface area contributed by atoms with Gasteiger partial charge in [-0.15, -0.1) is 6.58 Å². The normalized spacial score (nSPS) is 30.8. The van der Waals surface area contributed by atoms with Crippen molar-refractivity contribution in [2.24, 2.45) is 11.3 Å². The fourth-order valence-corrected chi connectivity index (χ4v) is 5.03. The molecule has 1 N–H and O–H groups in total. The molecule has 1 heterocycles. The molecule has 1 aliphatic heterocycles. The number of aliphatic hydroxyl groups is 1. The van der Waals surface area contributed by atoms with E-state index in [1.807, 2.05) is 0 Å². The van der Waals surface area contributed by atoms with Gasteiger partial charge in [0.15, 0.2) is 0 Å². The molecule has 0 bridgehead atoms. The van der Waals surface area contributed by atoms with E-state index in [0.29, 0.717) is 17.9 Å². The van der Waals surface area contributed by atoms with Gasteiger partial charge >= 0.3 is 0 Å². The second-order valence-corrected chi connectivity index (χ2v) is 9.62. The second kappa shape index (κ2) is 7.50. The fourth-order valence-electron chi connectivity index (χ4n) is 5.03. The van der Waals surface area contributed by atoms with E-state index < -0.39 is 0 Å². The summed E-state index contributed by atoms with van der Waals surface area (Å²) in [6.07, 6.45) is 15.9. The summed E-state index contributed by atoms with van der Waals surface area (Å²) in [5.74, 6) is 0.607. The fraction of sp³-hybridized carbons (Fsp3) is 0.407. The van der Waals surface area contributed by atoms with Gasteiger partial charge in [-0.25, -0.2) is 0 Å². The predicted octanol–water partition coefficient (Wildman–Crippen LogP) is 6.11. The number of rotatable bonds is 1. The van der Waals surface area contributed by atoms with E-state index in [-0.39, 0.29) is 11.5 Å². The van der Waals surface area contributed by atoms with E-state index in [4.69, 9.17) is 5.11 Å². The first-order chi connectivity index (χ1) is 13.8. The molecule has 3 aliphatic carbocycles. The number of allylic oxidation sites excluding steroid dienone is 7. The lowest BCUT2D eigenvalue weighted by Crippen LogP contribution is -2.30. The van der Waals surface area contributed by atoms with Crippen LogP contribution in [0, 0.1) is 11.3 Å². The van der Waals surface area contributed by atoms with Crippen LogP contribution >= 0.6 is 0 Å². The van der Waals surface area contributed by atoms with E-state index in [9.17, 15) is 0 Å². The molecule has 2 heteroatoms. The molecule has 1 fully saturated rings. The molecule has 0 aromatic heterocycles. The maximum absolute atomic E-state index is 8.52. The van der Waals surface area contributed by atoms with Crippen molar-refractivity contribution >= 4 is 5.57 Å². The van der Waals surface area contributed by atoms with Crippen LogP contribution in [0.4, 0.5) is 0 Å². The zero-order valence-electron chi connectivity index (χ0n) is 17.8. The van der Waals surface area contributed by atoms with E-state index in [1.165, 1.54) is 42.2 Å². The van der Waals surface area contributed by atoms with Gasteiger partial charge < -0.3 is 9.84 Å². The highest BCUT2D eigenvalue weighted by Gasteiger charge is 2.39. The molecular weight excluding hydrogens is 356 g/mol. The van der Waals surface area contributed by atoms with Crippen LogP contribution in [-0.4, -0.2) is 17.8 Å². The largest absolute Gasteiger partial charge is 0.498 e. The van der Waals surface area contributed by atoms with Gasteiger partial charge in [-0.05, 0) is 60.0 Å². The summed E-state index contributed by atoms with van der Waals surface area (Å²) in [4.78, 5) is 0. The van der Waals surface area contributed by atoms with Crippen LogP contribution in [0.3, 0.4) is 0 Å². The molecule has 3 atom stereocenters. The van der Waals surface area contributed by atoms with Gasteiger partial charge in [-0.1, -0.05) is 68.0 Å². The third-order valence-corrected chi connectivity index (χ3v) is 6.73. The lowest BCUT2D eigenvalue weighted by molar-refractivity contribution is 0.147. The van der Waals surface area contributed by atoms with E-state index in [2.05, 4.69) is 80.7 Å². The van der Waals surface area contributed by atoms with Crippen molar-refractivity contribution in [3.8, 4) is 0 Å². The average Bonchev–Trinajstić information content (AvgIpc) is 3.18. The van der Waals surface area contributed by atoms with Gasteiger partial charge in [0.05, 0.1) is 6.26 Å². The highest BCUT2D eigenvalue weighted by molar-refractivity contribution is 5.88. The average molecular weight is 389 g/mol. The lowest BCUT2D eigenvalue weighted by atomic mass is 9.61. The third-order valence-electron chi connectivity index (χ3n) is 6.73. The standard InChI is InChI=1S/C23H26.C4H6O2/c1-5-23(4)15-20-17-12-13-22(2,3)14-16(17)10-11-18(20)19-8-6-7-9-21(19)23;5-4-1-2-6-3-4/h5-11,15,17H,1,12-14H2,2-4H3;1-2,4-5H,3H2. The molecule has 29 heavy (non-hydrogen) atoms. The van der Waals surface area contributed by atoms with Crippen LogP contribution in [0.5, 0.6) is 0 Å². The molecule has 152 valence electrons. The Kier molecular flexibility index (Phi) is 5.16. The zero-order chi connectivity index (χ0) is 20.6. The predicted molar refractivity (Wildman–Crippen MR) is 120 cm³/mol. The molecule has 1 aromatic carbocycles. The van der Waals surface area contributed by atoms with Gasteiger partial charge in [-0.3, -0.25) is 0 Å². The molecule has 1 aromatic rings. The highest BCUT2D eigenvalue weighted by Crippen LogP contribution is 2.53. The number of benzene rings is 1.